The van der Waals surface area contributed by atoms with E-state index in [1.165, 1.54) is 6.26 Å². The van der Waals surface area contributed by atoms with Gasteiger partial charge in [0.15, 0.2) is 5.82 Å². The smallest absolute Gasteiger partial charge is 0.259 e. The number of hydrogen-bond acceptors (Lipinski definition) is 4. The molecule has 6 heteroatoms. The van der Waals surface area contributed by atoms with Crippen LogP contribution in [0.4, 0.5) is 11.5 Å². The number of benzene rings is 1. The molecule has 100 valence electrons. The minimum absolute atomic E-state index is 0.282. The number of anilines is 2. The number of hydrogen-bond donors (Lipinski definition) is 2. The maximum atomic E-state index is 12.2. The first kappa shape index (κ1) is 13.4. The number of aromatic nitrogens is 1. The average molecular weight is 280 g/mol. The van der Waals surface area contributed by atoms with Gasteiger partial charge >= 0.3 is 0 Å². The summed E-state index contributed by atoms with van der Waals surface area (Å²) in [6.45, 7) is 2.84. The molecule has 2 N–H and O–H groups in total. The number of nitrogens with one attached hydrogen (secondary N) is 2. The molecule has 1 aromatic carbocycles. The van der Waals surface area contributed by atoms with Gasteiger partial charge in [0.25, 0.3) is 5.91 Å². The molecule has 1 heterocycles. The van der Waals surface area contributed by atoms with Crippen LogP contribution in [0.5, 0.6) is 0 Å². The molecule has 0 aliphatic heterocycles. The summed E-state index contributed by atoms with van der Waals surface area (Å²) in [5, 5.41) is 9.97. The summed E-state index contributed by atoms with van der Waals surface area (Å²) in [5.74, 6) is 0.0846. The molecule has 1 aromatic heterocycles. The SMILES string of the molecule is CCCNc1ccc(Cl)cc1C(=O)Nc1ccon1. The van der Waals surface area contributed by atoms with Gasteiger partial charge < -0.3 is 15.2 Å². The summed E-state index contributed by atoms with van der Waals surface area (Å²) in [6.07, 6.45) is 2.36. The molecule has 0 bridgehead atoms. The van der Waals surface area contributed by atoms with Gasteiger partial charge in [-0.05, 0) is 24.6 Å². The lowest BCUT2D eigenvalue weighted by molar-refractivity contribution is 0.102. The van der Waals surface area contributed by atoms with E-state index in [0.29, 0.717) is 16.4 Å². The van der Waals surface area contributed by atoms with Gasteiger partial charge in [0, 0.05) is 23.3 Å². The Morgan fingerprint density at radius 2 is 2.26 bits per heavy atom. The van der Waals surface area contributed by atoms with Crippen LogP contribution in [-0.4, -0.2) is 17.6 Å². The Balaban J connectivity index is 2.21. The molecule has 0 aliphatic rings. The highest BCUT2D eigenvalue weighted by Gasteiger charge is 2.13. The van der Waals surface area contributed by atoms with Crippen molar-refractivity contribution >= 4 is 29.0 Å². The van der Waals surface area contributed by atoms with Crippen LogP contribution in [-0.2, 0) is 0 Å². The molecular weight excluding hydrogens is 266 g/mol. The van der Waals surface area contributed by atoms with Crippen LogP contribution in [0, 0.1) is 0 Å². The molecule has 0 unspecified atom stereocenters. The van der Waals surface area contributed by atoms with Gasteiger partial charge in [-0.3, -0.25) is 4.79 Å². The number of carbonyl (C=O) groups excluding carboxylic acids is 1. The number of amides is 1. The quantitative estimate of drug-likeness (QED) is 0.880. The van der Waals surface area contributed by atoms with Crippen molar-refractivity contribution in [3.63, 3.8) is 0 Å². The molecular formula is C13H14ClN3O2. The first-order chi connectivity index (χ1) is 9.20. The van der Waals surface area contributed by atoms with Gasteiger partial charge in [-0.15, -0.1) is 0 Å². The van der Waals surface area contributed by atoms with Crippen molar-refractivity contribution in [1.82, 2.24) is 5.16 Å². The summed E-state index contributed by atoms with van der Waals surface area (Å²) < 4.78 is 4.66. The van der Waals surface area contributed by atoms with Gasteiger partial charge in [0.2, 0.25) is 0 Å². The Morgan fingerprint density at radius 3 is 2.95 bits per heavy atom. The summed E-state index contributed by atoms with van der Waals surface area (Å²) in [7, 11) is 0. The first-order valence-electron chi connectivity index (χ1n) is 5.96. The second-order valence-corrected chi connectivity index (χ2v) is 4.39. The Labute approximate surface area is 115 Å². The molecule has 19 heavy (non-hydrogen) atoms. The zero-order valence-electron chi connectivity index (χ0n) is 10.4. The van der Waals surface area contributed by atoms with E-state index in [4.69, 9.17) is 11.6 Å². The van der Waals surface area contributed by atoms with Crippen molar-refractivity contribution in [2.45, 2.75) is 13.3 Å². The number of carbonyl (C=O) groups is 1. The van der Waals surface area contributed by atoms with Gasteiger partial charge in [-0.2, -0.15) is 0 Å². The largest absolute Gasteiger partial charge is 0.384 e. The minimum atomic E-state index is -0.282. The predicted octanol–water partition coefficient (Wildman–Crippen LogP) is 3.40. The molecule has 2 aromatic rings. The monoisotopic (exact) mass is 279 g/mol. The molecule has 1 amide bonds. The lowest BCUT2D eigenvalue weighted by Crippen LogP contribution is -2.15. The van der Waals surface area contributed by atoms with Crippen LogP contribution < -0.4 is 10.6 Å². The highest BCUT2D eigenvalue weighted by atomic mass is 35.5. The molecule has 5 nitrogen and oxygen atoms in total. The normalized spacial score (nSPS) is 10.2. The van der Waals surface area contributed by atoms with Crippen molar-refractivity contribution in [1.29, 1.82) is 0 Å². The molecule has 2 rings (SSSR count). The fraction of sp³-hybridized carbons (Fsp3) is 0.231. The fourth-order valence-corrected chi connectivity index (χ4v) is 1.75. The number of rotatable bonds is 5. The highest BCUT2D eigenvalue weighted by molar-refractivity contribution is 6.31. The zero-order valence-corrected chi connectivity index (χ0v) is 11.2. The van der Waals surface area contributed by atoms with Crippen LogP contribution >= 0.6 is 11.6 Å². The molecule has 0 radical (unpaired) electrons. The molecule has 0 atom stereocenters. The molecule has 0 spiro atoms. The van der Waals surface area contributed by atoms with Crippen LogP contribution in [0.25, 0.3) is 0 Å². The van der Waals surface area contributed by atoms with E-state index >= 15 is 0 Å². The standard InChI is InChI=1S/C13H14ClN3O2/c1-2-6-15-11-4-3-9(14)8-10(11)13(18)16-12-5-7-19-17-12/h3-5,7-8,15H,2,6H2,1H3,(H,16,17,18). The van der Waals surface area contributed by atoms with Crippen LogP contribution in [0.1, 0.15) is 23.7 Å². The predicted molar refractivity (Wildman–Crippen MR) is 74.7 cm³/mol. The summed E-state index contributed by atoms with van der Waals surface area (Å²) in [5.41, 5.74) is 1.22. The third-order valence-corrected chi connectivity index (χ3v) is 2.71. The highest BCUT2D eigenvalue weighted by Crippen LogP contribution is 2.21. The van der Waals surface area contributed by atoms with Gasteiger partial charge in [0.1, 0.15) is 6.26 Å². The van der Waals surface area contributed by atoms with Gasteiger partial charge in [-0.1, -0.05) is 23.7 Å². The summed E-state index contributed by atoms with van der Waals surface area (Å²) >= 11 is 5.93. The maximum Gasteiger partial charge on any atom is 0.259 e. The van der Waals surface area contributed by atoms with E-state index in [1.807, 2.05) is 0 Å². The zero-order chi connectivity index (χ0) is 13.7. The maximum absolute atomic E-state index is 12.2. The van der Waals surface area contributed by atoms with E-state index in [9.17, 15) is 4.79 Å². The summed E-state index contributed by atoms with van der Waals surface area (Å²) in [6, 6.07) is 6.72. The summed E-state index contributed by atoms with van der Waals surface area (Å²) in [4.78, 5) is 12.2. The van der Waals surface area contributed by atoms with Crippen molar-refractivity contribution in [2.24, 2.45) is 0 Å². The number of halogens is 1. The molecule has 0 saturated carbocycles. The van der Waals surface area contributed by atoms with Gasteiger partial charge in [0.05, 0.1) is 5.56 Å². The third-order valence-electron chi connectivity index (χ3n) is 2.47. The lowest BCUT2D eigenvalue weighted by Gasteiger charge is -2.11. The van der Waals surface area contributed by atoms with Crippen molar-refractivity contribution in [3.05, 3.63) is 41.1 Å². The molecule has 0 saturated heterocycles. The Kier molecular flexibility index (Phi) is 4.41. The second kappa shape index (κ2) is 6.24. The Bertz CT molecular complexity index is 555. The second-order valence-electron chi connectivity index (χ2n) is 3.96. The van der Waals surface area contributed by atoms with Crippen molar-refractivity contribution in [2.75, 3.05) is 17.2 Å². The topological polar surface area (TPSA) is 67.2 Å². The minimum Gasteiger partial charge on any atom is -0.384 e. The molecule has 0 aliphatic carbocycles. The lowest BCUT2D eigenvalue weighted by atomic mass is 10.1. The average Bonchev–Trinajstić information content (AvgIpc) is 2.90. The Hall–Kier alpha value is -2.01. The van der Waals surface area contributed by atoms with Crippen LogP contribution in [0.3, 0.4) is 0 Å². The molecule has 0 fully saturated rings. The van der Waals surface area contributed by atoms with E-state index in [2.05, 4.69) is 27.2 Å². The van der Waals surface area contributed by atoms with Crippen LogP contribution in [0.2, 0.25) is 5.02 Å². The van der Waals surface area contributed by atoms with E-state index in [0.717, 1.165) is 18.7 Å². The first-order valence-corrected chi connectivity index (χ1v) is 6.33. The number of nitrogens with zero attached hydrogens (tertiary/aromatic N) is 1. The fourth-order valence-electron chi connectivity index (χ4n) is 1.58. The van der Waals surface area contributed by atoms with E-state index < -0.39 is 0 Å². The van der Waals surface area contributed by atoms with Gasteiger partial charge in [-0.25, -0.2) is 0 Å². The van der Waals surface area contributed by atoms with Crippen molar-refractivity contribution < 1.29 is 9.32 Å². The van der Waals surface area contributed by atoms with Crippen LogP contribution in [0.15, 0.2) is 35.1 Å². The third kappa shape index (κ3) is 3.48. The van der Waals surface area contributed by atoms with E-state index in [1.54, 1.807) is 24.3 Å². The van der Waals surface area contributed by atoms with E-state index in [-0.39, 0.29) is 5.91 Å². The van der Waals surface area contributed by atoms with Crippen molar-refractivity contribution in [3.8, 4) is 0 Å². The Morgan fingerprint density at radius 1 is 1.42 bits per heavy atom.